The number of primary amides is 1. The molecule has 92 valence electrons. The average Bonchev–Trinajstić information content (AvgIpc) is 2.22. The van der Waals surface area contributed by atoms with E-state index in [4.69, 9.17) is 23.7 Å². The van der Waals surface area contributed by atoms with Crippen molar-refractivity contribution in [3.8, 4) is 0 Å². The smallest absolute Gasteiger partial charge is 0.261 e. The molecule has 0 aliphatic heterocycles. The van der Waals surface area contributed by atoms with Crippen molar-refractivity contribution in [1.82, 2.24) is 4.57 Å². The first-order valence-electron chi connectivity index (χ1n) is 5.14. The van der Waals surface area contributed by atoms with E-state index in [0.717, 1.165) is 5.69 Å². The Bertz CT molecular complexity index is 522. The van der Waals surface area contributed by atoms with Gasteiger partial charge in [-0.25, -0.2) is 0 Å². The van der Waals surface area contributed by atoms with Crippen LogP contribution in [0.25, 0.3) is 0 Å². The fourth-order valence-corrected chi connectivity index (χ4v) is 1.60. The minimum Gasteiger partial charge on any atom is -0.389 e. The van der Waals surface area contributed by atoms with Gasteiger partial charge in [0.25, 0.3) is 5.56 Å². The Labute approximate surface area is 104 Å². The molecule has 1 aromatic rings. The summed E-state index contributed by atoms with van der Waals surface area (Å²) < 4.78 is 1.46. The van der Waals surface area contributed by atoms with Crippen LogP contribution < -0.4 is 17.0 Å². The minimum absolute atomic E-state index is 0.0514. The largest absolute Gasteiger partial charge is 0.389 e. The van der Waals surface area contributed by atoms with E-state index in [0.29, 0.717) is 0 Å². The van der Waals surface area contributed by atoms with Crippen LogP contribution in [0.1, 0.15) is 18.2 Å². The first-order chi connectivity index (χ1) is 7.84. The summed E-state index contributed by atoms with van der Waals surface area (Å²) in [6.45, 7) is 3.68. The number of carbonyl (C=O) groups excluding carboxylic acids is 1. The maximum absolute atomic E-state index is 12.0. The Morgan fingerprint density at radius 1 is 1.47 bits per heavy atom. The van der Waals surface area contributed by atoms with Gasteiger partial charge in [-0.05, 0) is 19.1 Å². The van der Waals surface area contributed by atoms with Gasteiger partial charge in [0.15, 0.2) is 0 Å². The zero-order chi connectivity index (χ0) is 13.2. The number of thiocarbonyl (C=S) groups is 1. The van der Waals surface area contributed by atoms with Gasteiger partial charge in [0.2, 0.25) is 5.91 Å². The normalized spacial score (nSPS) is 12.1. The van der Waals surface area contributed by atoms with Crippen molar-refractivity contribution in [2.24, 2.45) is 17.4 Å². The predicted molar refractivity (Wildman–Crippen MR) is 69.7 cm³/mol. The topological polar surface area (TPSA) is 91.1 Å². The fourth-order valence-electron chi connectivity index (χ4n) is 1.45. The Morgan fingerprint density at radius 2 is 2.06 bits per heavy atom. The monoisotopic (exact) mass is 253 g/mol. The maximum atomic E-state index is 12.0. The van der Waals surface area contributed by atoms with Crippen LogP contribution in [-0.4, -0.2) is 15.5 Å². The standard InChI is InChI=1S/C11H15N3O2S/c1-6(9(12)15)5-14-7(2)3-4-8(10(13)17)11(14)16/h3-4,6H,5H2,1-2H3,(H2,12,15)(H2,13,17). The van der Waals surface area contributed by atoms with Crippen LogP contribution in [-0.2, 0) is 11.3 Å². The molecular formula is C11H15N3O2S. The molecule has 0 radical (unpaired) electrons. The summed E-state index contributed by atoms with van der Waals surface area (Å²) in [4.78, 5) is 23.1. The summed E-state index contributed by atoms with van der Waals surface area (Å²) in [6.07, 6.45) is 0. The van der Waals surface area contributed by atoms with Gasteiger partial charge in [0, 0.05) is 12.2 Å². The number of carbonyl (C=O) groups is 1. The number of aryl methyl sites for hydroxylation is 1. The molecule has 0 fully saturated rings. The Morgan fingerprint density at radius 3 is 2.53 bits per heavy atom. The highest BCUT2D eigenvalue weighted by molar-refractivity contribution is 7.80. The molecular weight excluding hydrogens is 238 g/mol. The second-order valence-electron chi connectivity index (χ2n) is 3.97. The summed E-state index contributed by atoms with van der Waals surface area (Å²) >= 11 is 4.79. The third-order valence-electron chi connectivity index (χ3n) is 2.60. The van der Waals surface area contributed by atoms with E-state index >= 15 is 0 Å². The molecule has 1 aromatic heterocycles. The number of nitrogens with zero attached hydrogens (tertiary/aromatic N) is 1. The first kappa shape index (κ1) is 13.4. The van der Waals surface area contributed by atoms with E-state index in [1.165, 1.54) is 4.57 Å². The Kier molecular flexibility index (Phi) is 4.01. The van der Waals surface area contributed by atoms with Crippen LogP contribution in [0.5, 0.6) is 0 Å². The highest BCUT2D eigenvalue weighted by Crippen LogP contribution is 2.03. The number of hydrogen-bond donors (Lipinski definition) is 2. The van der Waals surface area contributed by atoms with Gasteiger partial charge in [0.05, 0.1) is 11.5 Å². The molecule has 0 saturated carbocycles. The zero-order valence-corrected chi connectivity index (χ0v) is 10.6. The number of pyridine rings is 1. The number of hydrogen-bond acceptors (Lipinski definition) is 3. The van der Waals surface area contributed by atoms with E-state index in [-0.39, 0.29) is 22.7 Å². The second-order valence-corrected chi connectivity index (χ2v) is 4.41. The third-order valence-corrected chi connectivity index (χ3v) is 2.82. The average molecular weight is 253 g/mol. The molecule has 0 bridgehead atoms. The molecule has 0 aromatic carbocycles. The van der Waals surface area contributed by atoms with Crippen LogP contribution >= 0.6 is 12.2 Å². The van der Waals surface area contributed by atoms with E-state index < -0.39 is 11.8 Å². The van der Waals surface area contributed by atoms with Crippen molar-refractivity contribution in [2.75, 3.05) is 0 Å². The van der Waals surface area contributed by atoms with Gasteiger partial charge in [0.1, 0.15) is 4.99 Å². The number of nitrogens with two attached hydrogens (primary N) is 2. The van der Waals surface area contributed by atoms with E-state index in [2.05, 4.69) is 0 Å². The van der Waals surface area contributed by atoms with Crippen molar-refractivity contribution < 1.29 is 4.79 Å². The molecule has 1 rings (SSSR count). The van der Waals surface area contributed by atoms with Gasteiger partial charge >= 0.3 is 0 Å². The Balaban J connectivity index is 3.24. The van der Waals surface area contributed by atoms with Crippen LogP contribution in [0.3, 0.4) is 0 Å². The van der Waals surface area contributed by atoms with Crippen molar-refractivity contribution >= 4 is 23.1 Å². The van der Waals surface area contributed by atoms with Gasteiger partial charge in [-0.15, -0.1) is 0 Å². The maximum Gasteiger partial charge on any atom is 0.261 e. The lowest BCUT2D eigenvalue weighted by Gasteiger charge is -2.14. The van der Waals surface area contributed by atoms with E-state index in [1.807, 2.05) is 0 Å². The molecule has 6 heteroatoms. The SMILES string of the molecule is Cc1ccc(C(N)=S)c(=O)n1CC(C)C(N)=O. The second kappa shape index (κ2) is 5.09. The van der Waals surface area contributed by atoms with Crippen molar-refractivity contribution in [3.63, 3.8) is 0 Å². The fraction of sp³-hybridized carbons (Fsp3) is 0.364. The minimum atomic E-state index is -0.447. The molecule has 1 amide bonds. The van der Waals surface area contributed by atoms with Crippen molar-refractivity contribution in [3.05, 3.63) is 33.7 Å². The molecule has 0 aliphatic rings. The first-order valence-corrected chi connectivity index (χ1v) is 5.55. The molecule has 4 N–H and O–H groups in total. The van der Waals surface area contributed by atoms with Crippen LogP contribution in [0.15, 0.2) is 16.9 Å². The van der Waals surface area contributed by atoms with Crippen molar-refractivity contribution in [2.45, 2.75) is 20.4 Å². The highest BCUT2D eigenvalue weighted by Gasteiger charge is 2.14. The van der Waals surface area contributed by atoms with Gasteiger partial charge in [-0.1, -0.05) is 19.1 Å². The quantitative estimate of drug-likeness (QED) is 0.734. The molecule has 0 saturated heterocycles. The lowest BCUT2D eigenvalue weighted by atomic mass is 10.1. The Hall–Kier alpha value is -1.69. The molecule has 17 heavy (non-hydrogen) atoms. The number of amides is 1. The van der Waals surface area contributed by atoms with Gasteiger partial charge in [-0.2, -0.15) is 0 Å². The third kappa shape index (κ3) is 2.91. The van der Waals surface area contributed by atoms with Crippen LogP contribution in [0.2, 0.25) is 0 Å². The zero-order valence-electron chi connectivity index (χ0n) is 9.77. The molecule has 5 nitrogen and oxygen atoms in total. The molecule has 0 spiro atoms. The van der Waals surface area contributed by atoms with E-state index in [9.17, 15) is 9.59 Å². The summed E-state index contributed by atoms with van der Waals surface area (Å²) in [5, 5.41) is 0. The lowest BCUT2D eigenvalue weighted by molar-refractivity contribution is -0.121. The summed E-state index contributed by atoms with van der Waals surface area (Å²) in [6, 6.07) is 3.33. The summed E-state index contributed by atoms with van der Waals surface area (Å²) in [5.74, 6) is -0.870. The molecule has 1 unspecified atom stereocenters. The number of aromatic nitrogens is 1. The van der Waals surface area contributed by atoms with E-state index in [1.54, 1.807) is 26.0 Å². The van der Waals surface area contributed by atoms with Crippen LogP contribution in [0, 0.1) is 12.8 Å². The predicted octanol–water partition coefficient (Wildman–Crippen LogP) is -0.0877. The van der Waals surface area contributed by atoms with Crippen LogP contribution in [0.4, 0.5) is 0 Å². The number of rotatable bonds is 4. The van der Waals surface area contributed by atoms with Crippen molar-refractivity contribution in [1.29, 1.82) is 0 Å². The molecule has 1 heterocycles. The van der Waals surface area contributed by atoms with Gasteiger partial charge < -0.3 is 16.0 Å². The molecule has 0 aliphatic carbocycles. The van der Waals surface area contributed by atoms with Gasteiger partial charge in [-0.3, -0.25) is 9.59 Å². The summed E-state index contributed by atoms with van der Waals surface area (Å²) in [7, 11) is 0. The highest BCUT2D eigenvalue weighted by atomic mass is 32.1. The summed E-state index contributed by atoms with van der Waals surface area (Å²) in [5.41, 5.74) is 11.4. The molecule has 1 atom stereocenters. The lowest BCUT2D eigenvalue weighted by Crippen LogP contribution is -2.34.